The number of carbonyl (C=O) groups excluding carboxylic acids is 1. The van der Waals surface area contributed by atoms with Crippen LogP contribution in [0.3, 0.4) is 0 Å². The second kappa shape index (κ2) is 7.80. The van der Waals surface area contributed by atoms with E-state index in [1.807, 2.05) is 30.3 Å². The van der Waals surface area contributed by atoms with E-state index in [9.17, 15) is 13.6 Å². The number of benzene rings is 2. The second-order valence-corrected chi connectivity index (χ2v) is 4.54. The van der Waals surface area contributed by atoms with Gasteiger partial charge in [0.2, 0.25) is 0 Å². The summed E-state index contributed by atoms with van der Waals surface area (Å²) in [5.74, 6) is 2.75. The van der Waals surface area contributed by atoms with Gasteiger partial charge < -0.3 is 15.8 Å². The zero-order chi connectivity index (χ0) is 16.7. The number of hydrogen-bond donors (Lipinski definition) is 2. The molecule has 0 saturated carbocycles. The highest BCUT2D eigenvalue weighted by Gasteiger charge is 2.09. The van der Waals surface area contributed by atoms with E-state index < -0.39 is 17.7 Å². The fourth-order valence-electron chi connectivity index (χ4n) is 1.72. The molecule has 0 atom stereocenters. The van der Waals surface area contributed by atoms with Crippen molar-refractivity contribution in [2.24, 2.45) is 0 Å². The Labute approximate surface area is 132 Å². The highest BCUT2D eigenvalue weighted by molar-refractivity contribution is 5.67. The maximum atomic E-state index is 13.5. The van der Waals surface area contributed by atoms with Crippen molar-refractivity contribution in [3.63, 3.8) is 0 Å². The minimum Gasteiger partial charge on any atom is -0.445 e. The van der Waals surface area contributed by atoms with Crippen molar-refractivity contribution < 1.29 is 18.3 Å². The van der Waals surface area contributed by atoms with Gasteiger partial charge in [0.25, 0.3) is 0 Å². The van der Waals surface area contributed by atoms with Gasteiger partial charge >= 0.3 is 6.09 Å². The van der Waals surface area contributed by atoms with Crippen LogP contribution < -0.4 is 11.1 Å². The summed E-state index contributed by atoms with van der Waals surface area (Å²) in [5, 5.41) is 2.38. The van der Waals surface area contributed by atoms with E-state index >= 15 is 0 Å². The summed E-state index contributed by atoms with van der Waals surface area (Å²) in [4.78, 5) is 11.5. The van der Waals surface area contributed by atoms with E-state index in [0.717, 1.165) is 11.6 Å². The molecule has 118 valence electrons. The first-order chi connectivity index (χ1) is 11.1. The first-order valence-corrected chi connectivity index (χ1v) is 6.75. The molecule has 2 aromatic carbocycles. The topological polar surface area (TPSA) is 64.3 Å². The zero-order valence-corrected chi connectivity index (χ0v) is 12.1. The van der Waals surface area contributed by atoms with Gasteiger partial charge in [-0.05, 0) is 17.7 Å². The summed E-state index contributed by atoms with van der Waals surface area (Å²) in [6.45, 7) is 0.0502. The predicted octanol–water partition coefficient (Wildman–Crippen LogP) is 2.82. The molecular weight excluding hydrogens is 302 g/mol. The van der Waals surface area contributed by atoms with Crippen molar-refractivity contribution in [3.8, 4) is 11.8 Å². The summed E-state index contributed by atoms with van der Waals surface area (Å²) < 4.78 is 31.5. The monoisotopic (exact) mass is 316 g/mol. The minimum absolute atomic E-state index is 0.0306. The fourth-order valence-corrected chi connectivity index (χ4v) is 1.72. The molecule has 0 aliphatic heterocycles. The SMILES string of the molecule is Nc1ccc(F)c(F)c1C#CCNC(=O)OCc1ccccc1. The number of carbonyl (C=O) groups is 1. The Morgan fingerprint density at radius 1 is 1.17 bits per heavy atom. The number of amides is 1. The Bertz CT molecular complexity index is 752. The number of alkyl carbamates (subject to hydrolysis) is 1. The highest BCUT2D eigenvalue weighted by atomic mass is 19.2. The smallest absolute Gasteiger partial charge is 0.408 e. The zero-order valence-electron chi connectivity index (χ0n) is 12.1. The Morgan fingerprint density at radius 3 is 2.65 bits per heavy atom. The van der Waals surface area contributed by atoms with Gasteiger partial charge in [0.15, 0.2) is 11.6 Å². The molecule has 6 heteroatoms. The number of halogens is 2. The number of nitrogen functional groups attached to an aromatic ring is 1. The standard InChI is InChI=1S/C17H14F2N2O2/c18-14-8-9-15(20)13(16(14)19)7-4-10-21-17(22)23-11-12-5-2-1-3-6-12/h1-3,5-6,8-9H,10-11,20H2,(H,21,22). The van der Waals surface area contributed by atoms with Gasteiger partial charge in [0, 0.05) is 0 Å². The van der Waals surface area contributed by atoms with Gasteiger partial charge in [0.05, 0.1) is 17.8 Å². The van der Waals surface area contributed by atoms with Crippen LogP contribution in [0.15, 0.2) is 42.5 Å². The van der Waals surface area contributed by atoms with Crippen molar-refractivity contribution in [2.45, 2.75) is 6.61 Å². The highest BCUT2D eigenvalue weighted by Crippen LogP contribution is 2.17. The molecule has 0 spiro atoms. The van der Waals surface area contributed by atoms with E-state index in [2.05, 4.69) is 17.2 Å². The number of anilines is 1. The van der Waals surface area contributed by atoms with Crippen LogP contribution in [0.2, 0.25) is 0 Å². The largest absolute Gasteiger partial charge is 0.445 e. The van der Waals surface area contributed by atoms with Crippen LogP contribution in [0, 0.1) is 23.5 Å². The van der Waals surface area contributed by atoms with E-state index in [-0.39, 0.29) is 24.4 Å². The van der Waals surface area contributed by atoms with Crippen LogP contribution in [0.5, 0.6) is 0 Å². The van der Waals surface area contributed by atoms with Gasteiger partial charge in [-0.25, -0.2) is 13.6 Å². The van der Waals surface area contributed by atoms with E-state index in [4.69, 9.17) is 10.5 Å². The number of nitrogens with two attached hydrogens (primary N) is 1. The van der Waals surface area contributed by atoms with Crippen molar-refractivity contribution in [3.05, 3.63) is 65.2 Å². The Balaban J connectivity index is 1.84. The average molecular weight is 316 g/mol. The quantitative estimate of drug-likeness (QED) is 0.676. The van der Waals surface area contributed by atoms with Gasteiger partial charge in [0.1, 0.15) is 6.61 Å². The van der Waals surface area contributed by atoms with Crippen molar-refractivity contribution >= 4 is 11.8 Å². The molecule has 0 saturated heterocycles. The molecule has 2 rings (SSSR count). The molecule has 0 fully saturated rings. The fraction of sp³-hybridized carbons (Fsp3) is 0.118. The van der Waals surface area contributed by atoms with E-state index in [1.54, 1.807) is 0 Å². The Hall–Kier alpha value is -3.07. The molecule has 0 unspecified atom stereocenters. The molecule has 0 aliphatic rings. The molecule has 0 aliphatic carbocycles. The second-order valence-electron chi connectivity index (χ2n) is 4.54. The number of hydrogen-bond acceptors (Lipinski definition) is 3. The van der Waals surface area contributed by atoms with Crippen LogP contribution in [0.4, 0.5) is 19.3 Å². The van der Waals surface area contributed by atoms with Gasteiger partial charge in [-0.1, -0.05) is 42.2 Å². The lowest BCUT2D eigenvalue weighted by Gasteiger charge is -2.04. The van der Waals surface area contributed by atoms with Crippen LogP contribution in [0.1, 0.15) is 11.1 Å². The van der Waals surface area contributed by atoms with Gasteiger partial charge in [-0.2, -0.15) is 0 Å². The molecule has 0 bridgehead atoms. The van der Waals surface area contributed by atoms with Crippen LogP contribution in [0.25, 0.3) is 0 Å². The van der Waals surface area contributed by atoms with Crippen LogP contribution in [-0.4, -0.2) is 12.6 Å². The van der Waals surface area contributed by atoms with Crippen LogP contribution >= 0.6 is 0 Å². The van der Waals surface area contributed by atoms with E-state index in [1.165, 1.54) is 6.07 Å². The summed E-state index contributed by atoms with van der Waals surface area (Å²) in [6, 6.07) is 11.3. The van der Waals surface area contributed by atoms with Gasteiger partial charge in [-0.3, -0.25) is 0 Å². The van der Waals surface area contributed by atoms with Crippen molar-refractivity contribution in [1.82, 2.24) is 5.32 Å². The van der Waals surface area contributed by atoms with Crippen molar-refractivity contribution in [1.29, 1.82) is 0 Å². The third-order valence-electron chi connectivity index (χ3n) is 2.87. The molecule has 23 heavy (non-hydrogen) atoms. The Kier molecular flexibility index (Phi) is 5.53. The van der Waals surface area contributed by atoms with Crippen LogP contribution in [-0.2, 0) is 11.3 Å². The minimum atomic E-state index is -1.11. The number of ether oxygens (including phenoxy) is 1. The number of nitrogens with one attached hydrogen (secondary N) is 1. The summed E-state index contributed by atoms with van der Waals surface area (Å²) in [7, 11) is 0. The molecule has 3 N–H and O–H groups in total. The Morgan fingerprint density at radius 2 is 1.91 bits per heavy atom. The molecule has 1 amide bonds. The summed E-state index contributed by atoms with van der Waals surface area (Å²) >= 11 is 0. The normalized spacial score (nSPS) is 9.65. The third kappa shape index (κ3) is 4.71. The summed E-state index contributed by atoms with van der Waals surface area (Å²) in [5.41, 5.74) is 6.17. The molecular formula is C17H14F2N2O2. The maximum absolute atomic E-state index is 13.5. The van der Waals surface area contributed by atoms with Gasteiger partial charge in [-0.15, -0.1) is 0 Å². The first kappa shape index (κ1) is 16.3. The molecule has 0 aromatic heterocycles. The number of rotatable bonds is 3. The molecule has 0 heterocycles. The third-order valence-corrected chi connectivity index (χ3v) is 2.87. The summed E-state index contributed by atoms with van der Waals surface area (Å²) in [6.07, 6.45) is -0.657. The lowest BCUT2D eigenvalue weighted by Crippen LogP contribution is -2.24. The molecule has 0 radical (unpaired) electrons. The first-order valence-electron chi connectivity index (χ1n) is 6.75. The maximum Gasteiger partial charge on any atom is 0.408 e. The lowest BCUT2D eigenvalue weighted by molar-refractivity contribution is 0.141. The van der Waals surface area contributed by atoms with Crippen molar-refractivity contribution in [2.75, 3.05) is 12.3 Å². The molecule has 2 aromatic rings. The average Bonchev–Trinajstić information content (AvgIpc) is 2.57. The lowest BCUT2D eigenvalue weighted by atomic mass is 10.1. The van der Waals surface area contributed by atoms with E-state index in [0.29, 0.717) is 0 Å². The molecule has 4 nitrogen and oxygen atoms in total. The predicted molar refractivity (Wildman–Crippen MR) is 82.3 cm³/mol.